The third-order valence-electron chi connectivity index (χ3n) is 3.90. The van der Waals surface area contributed by atoms with Crippen LogP contribution in [0, 0.1) is 6.92 Å². The van der Waals surface area contributed by atoms with Crippen LogP contribution in [0.3, 0.4) is 0 Å². The van der Waals surface area contributed by atoms with Crippen LogP contribution in [-0.2, 0) is 14.6 Å². The highest BCUT2D eigenvalue weighted by Crippen LogP contribution is 2.27. The third-order valence-corrected chi connectivity index (χ3v) is 5.65. The molecule has 2 aliphatic heterocycles. The first-order chi connectivity index (χ1) is 9.87. The molecule has 0 aliphatic carbocycles. The molecule has 1 aromatic carbocycles. The van der Waals surface area contributed by atoms with Gasteiger partial charge in [-0.3, -0.25) is 4.79 Å². The van der Waals surface area contributed by atoms with Crippen molar-refractivity contribution >= 4 is 27.5 Å². The SMILES string of the molecule is Cc1cccc(N2C(=O)CN(C3CCS(=O)(=O)C3)C2=O)c1. The van der Waals surface area contributed by atoms with E-state index in [1.54, 1.807) is 18.2 Å². The second kappa shape index (κ2) is 4.84. The van der Waals surface area contributed by atoms with Crippen LogP contribution in [0.25, 0.3) is 0 Å². The molecular formula is C14H16N2O4S. The molecule has 0 radical (unpaired) electrons. The number of benzene rings is 1. The summed E-state index contributed by atoms with van der Waals surface area (Å²) in [5.41, 5.74) is 1.49. The van der Waals surface area contributed by atoms with E-state index in [2.05, 4.69) is 0 Å². The second-order valence-electron chi connectivity index (χ2n) is 5.54. The number of hydrogen-bond donors (Lipinski definition) is 0. The van der Waals surface area contributed by atoms with Crippen molar-refractivity contribution in [2.75, 3.05) is 23.0 Å². The number of carbonyl (C=O) groups is 2. The van der Waals surface area contributed by atoms with Crippen molar-refractivity contribution in [1.29, 1.82) is 0 Å². The summed E-state index contributed by atoms with van der Waals surface area (Å²) in [6.07, 6.45) is 0.406. The Kier molecular flexibility index (Phi) is 3.24. The van der Waals surface area contributed by atoms with Crippen molar-refractivity contribution in [1.82, 2.24) is 4.90 Å². The van der Waals surface area contributed by atoms with Crippen LogP contribution >= 0.6 is 0 Å². The number of anilines is 1. The minimum Gasteiger partial charge on any atom is -0.311 e. The zero-order valence-corrected chi connectivity index (χ0v) is 12.5. The van der Waals surface area contributed by atoms with E-state index >= 15 is 0 Å². The first kappa shape index (κ1) is 14.1. The number of imide groups is 1. The van der Waals surface area contributed by atoms with E-state index in [0.717, 1.165) is 10.5 Å². The fraction of sp³-hybridized carbons (Fsp3) is 0.429. The molecule has 3 amide bonds. The van der Waals surface area contributed by atoms with Crippen LogP contribution < -0.4 is 4.90 Å². The Morgan fingerprint density at radius 2 is 2.00 bits per heavy atom. The maximum Gasteiger partial charge on any atom is 0.332 e. The van der Waals surface area contributed by atoms with Gasteiger partial charge >= 0.3 is 6.03 Å². The molecule has 2 saturated heterocycles. The highest BCUT2D eigenvalue weighted by atomic mass is 32.2. The first-order valence-corrected chi connectivity index (χ1v) is 8.60. The average molecular weight is 308 g/mol. The first-order valence-electron chi connectivity index (χ1n) is 6.78. The van der Waals surface area contributed by atoms with Crippen LogP contribution in [0.2, 0.25) is 0 Å². The molecule has 112 valence electrons. The minimum absolute atomic E-state index is 0.0479. The lowest BCUT2D eigenvalue weighted by atomic mass is 10.2. The molecule has 1 atom stereocenters. The molecule has 6 nitrogen and oxygen atoms in total. The Morgan fingerprint density at radius 3 is 2.62 bits per heavy atom. The van der Waals surface area contributed by atoms with Gasteiger partial charge < -0.3 is 4.90 Å². The van der Waals surface area contributed by atoms with Gasteiger partial charge in [-0.25, -0.2) is 18.1 Å². The average Bonchev–Trinajstić information content (AvgIpc) is 2.89. The molecular weight excluding hydrogens is 292 g/mol. The van der Waals surface area contributed by atoms with E-state index < -0.39 is 15.9 Å². The summed E-state index contributed by atoms with van der Waals surface area (Å²) in [6, 6.07) is 6.33. The van der Waals surface area contributed by atoms with Gasteiger partial charge in [-0.05, 0) is 31.0 Å². The number of sulfone groups is 1. The zero-order valence-electron chi connectivity index (χ0n) is 11.7. The van der Waals surface area contributed by atoms with Gasteiger partial charge in [0.2, 0.25) is 0 Å². The maximum absolute atomic E-state index is 12.5. The summed E-state index contributed by atoms with van der Waals surface area (Å²) in [5.74, 6) is -0.275. The number of aryl methyl sites for hydroxylation is 1. The Labute approximate surface area is 123 Å². The fourth-order valence-corrected chi connectivity index (χ4v) is 4.58. The minimum atomic E-state index is -3.09. The fourth-order valence-electron chi connectivity index (χ4n) is 2.85. The molecule has 0 bridgehead atoms. The maximum atomic E-state index is 12.5. The van der Waals surface area contributed by atoms with E-state index in [0.29, 0.717) is 12.1 Å². The summed E-state index contributed by atoms with van der Waals surface area (Å²) in [5, 5.41) is 0. The number of urea groups is 1. The van der Waals surface area contributed by atoms with Crippen molar-refractivity contribution in [2.24, 2.45) is 0 Å². The van der Waals surface area contributed by atoms with E-state index in [1.165, 1.54) is 4.90 Å². The van der Waals surface area contributed by atoms with Crippen molar-refractivity contribution in [2.45, 2.75) is 19.4 Å². The van der Waals surface area contributed by atoms with Gasteiger partial charge in [0.05, 0.1) is 17.2 Å². The topological polar surface area (TPSA) is 74.8 Å². The molecule has 0 saturated carbocycles. The predicted octanol–water partition coefficient (Wildman–Crippen LogP) is 0.951. The molecule has 1 aromatic rings. The molecule has 2 heterocycles. The summed E-state index contributed by atoms with van der Waals surface area (Å²) >= 11 is 0. The standard InChI is InChI=1S/C14H16N2O4S/c1-10-3-2-4-11(7-10)16-13(17)8-15(14(16)18)12-5-6-21(19,20)9-12/h2-4,7,12H,5-6,8-9H2,1H3. The number of carbonyl (C=O) groups excluding carboxylic acids is 2. The molecule has 3 rings (SSSR count). The van der Waals surface area contributed by atoms with E-state index in [9.17, 15) is 18.0 Å². The van der Waals surface area contributed by atoms with E-state index in [-0.39, 0.29) is 30.0 Å². The van der Waals surface area contributed by atoms with Crippen LogP contribution in [0.15, 0.2) is 24.3 Å². The normalized spacial score (nSPS) is 24.9. The van der Waals surface area contributed by atoms with Crippen LogP contribution in [0.1, 0.15) is 12.0 Å². The van der Waals surface area contributed by atoms with Crippen molar-refractivity contribution < 1.29 is 18.0 Å². The molecule has 1 unspecified atom stereocenters. The van der Waals surface area contributed by atoms with Gasteiger partial charge in [-0.1, -0.05) is 12.1 Å². The molecule has 2 fully saturated rings. The van der Waals surface area contributed by atoms with Gasteiger partial charge in [-0.2, -0.15) is 0 Å². The number of nitrogens with zero attached hydrogens (tertiary/aromatic N) is 2. The van der Waals surface area contributed by atoms with Gasteiger partial charge in [0, 0.05) is 6.04 Å². The summed E-state index contributed by atoms with van der Waals surface area (Å²) in [7, 11) is -3.09. The summed E-state index contributed by atoms with van der Waals surface area (Å²) in [6.45, 7) is 1.84. The Bertz CT molecular complexity index is 713. The van der Waals surface area contributed by atoms with Crippen molar-refractivity contribution in [3.05, 3.63) is 29.8 Å². The molecule has 0 spiro atoms. The highest BCUT2D eigenvalue weighted by Gasteiger charge is 2.44. The lowest BCUT2D eigenvalue weighted by Gasteiger charge is -2.22. The highest BCUT2D eigenvalue weighted by molar-refractivity contribution is 7.91. The quantitative estimate of drug-likeness (QED) is 0.762. The number of rotatable bonds is 2. The van der Waals surface area contributed by atoms with Crippen molar-refractivity contribution in [3.63, 3.8) is 0 Å². The van der Waals surface area contributed by atoms with Crippen molar-refractivity contribution in [3.8, 4) is 0 Å². The lowest BCUT2D eigenvalue weighted by molar-refractivity contribution is -0.116. The largest absolute Gasteiger partial charge is 0.332 e. The van der Waals surface area contributed by atoms with Gasteiger partial charge in [0.15, 0.2) is 9.84 Å². The van der Waals surface area contributed by atoms with Crippen LogP contribution in [-0.4, -0.2) is 49.3 Å². The Balaban J connectivity index is 1.86. The Morgan fingerprint density at radius 1 is 1.24 bits per heavy atom. The lowest BCUT2D eigenvalue weighted by Crippen LogP contribution is -2.40. The number of hydrogen-bond acceptors (Lipinski definition) is 4. The Hall–Kier alpha value is -1.89. The van der Waals surface area contributed by atoms with Gasteiger partial charge in [0.25, 0.3) is 5.91 Å². The predicted molar refractivity (Wildman–Crippen MR) is 77.8 cm³/mol. The monoisotopic (exact) mass is 308 g/mol. The van der Waals surface area contributed by atoms with Crippen LogP contribution in [0.5, 0.6) is 0 Å². The molecule has 7 heteroatoms. The third kappa shape index (κ3) is 2.53. The smallest absolute Gasteiger partial charge is 0.311 e. The van der Waals surface area contributed by atoms with E-state index in [4.69, 9.17) is 0 Å². The zero-order chi connectivity index (χ0) is 15.2. The summed E-state index contributed by atoms with van der Waals surface area (Å²) in [4.78, 5) is 27.1. The second-order valence-corrected chi connectivity index (χ2v) is 7.76. The molecule has 0 aromatic heterocycles. The molecule has 2 aliphatic rings. The molecule has 0 N–H and O–H groups in total. The molecule has 21 heavy (non-hydrogen) atoms. The number of amides is 3. The van der Waals surface area contributed by atoms with E-state index in [1.807, 2.05) is 13.0 Å². The summed E-state index contributed by atoms with van der Waals surface area (Å²) < 4.78 is 23.1. The van der Waals surface area contributed by atoms with Gasteiger partial charge in [-0.15, -0.1) is 0 Å². The van der Waals surface area contributed by atoms with Crippen LogP contribution in [0.4, 0.5) is 10.5 Å². The van der Waals surface area contributed by atoms with Gasteiger partial charge in [0.1, 0.15) is 6.54 Å².